The number of rotatable bonds is 10. The number of nitrogens with two attached hydrogens (primary N) is 1. The van der Waals surface area contributed by atoms with Crippen molar-refractivity contribution in [3.63, 3.8) is 0 Å². The van der Waals surface area contributed by atoms with Gasteiger partial charge in [-0.25, -0.2) is 14.5 Å². The predicted molar refractivity (Wildman–Crippen MR) is 208 cm³/mol. The van der Waals surface area contributed by atoms with Crippen molar-refractivity contribution >= 4 is 52.6 Å². The summed E-state index contributed by atoms with van der Waals surface area (Å²) < 4.78 is 2.00. The van der Waals surface area contributed by atoms with Crippen molar-refractivity contribution in [2.45, 2.75) is 91.5 Å². The van der Waals surface area contributed by atoms with Gasteiger partial charge in [-0.2, -0.15) is 4.98 Å². The summed E-state index contributed by atoms with van der Waals surface area (Å²) in [5.74, 6) is -0.926. The van der Waals surface area contributed by atoms with Gasteiger partial charge in [-0.15, -0.1) is 0 Å². The molecule has 0 bridgehead atoms. The van der Waals surface area contributed by atoms with Crippen LogP contribution in [0.4, 0.5) is 23.1 Å². The number of nitrogens with one attached hydrogen (secondary N) is 3. The van der Waals surface area contributed by atoms with Crippen molar-refractivity contribution in [3.8, 4) is 0 Å². The standard InChI is InChI=1S/C41H46N10O4/c1-22(2)44-37-33(36(42)47-35-23(3)8-7-9-24(35)4)19-43-41(48-37)46-29-11-10-27-12-14-49(20-28(27)16-29)30-17-31(18-30)50-15-13-32-34(21-50)40(55)51(39(32)54)25(5)38(53)45-26(6)52/h7-11,13,15-16,19,21-22,25,30-31H,12,14,17-18,20H2,1-6H3,(H4-,42,43,44,45,46,47,48,52,53)/p+1. The van der Waals surface area contributed by atoms with Gasteiger partial charge in [0.05, 0.1) is 16.8 Å². The Hall–Kier alpha value is -6.02. The number of anilines is 3. The topological polar surface area (TPSA) is 179 Å². The number of hydrogen-bond acceptors (Lipinski definition) is 10. The first-order chi connectivity index (χ1) is 26.3. The SMILES string of the molecule is CC(=O)NC(=O)C(C)N1C(=O)c2cc[n+](C3CC(N4CCc5ccc(Nc6ncc(C(N)=Nc7c(C)cccc7C)c(NC(C)C)n6)cc5C4)C3)cc2C1=O. The molecule has 0 radical (unpaired) electrons. The summed E-state index contributed by atoms with van der Waals surface area (Å²) in [5.41, 5.74) is 14.1. The number of amides is 4. The Morgan fingerprint density at radius 3 is 2.44 bits per heavy atom. The number of aromatic nitrogens is 3. The van der Waals surface area contributed by atoms with E-state index in [4.69, 9.17) is 15.7 Å². The number of hydrogen-bond donors (Lipinski definition) is 4. The van der Waals surface area contributed by atoms with E-state index in [2.05, 4.69) is 44.0 Å². The molecule has 1 unspecified atom stereocenters. The Kier molecular flexibility index (Phi) is 10.2. The molecule has 5 N–H and O–H groups in total. The van der Waals surface area contributed by atoms with Gasteiger partial charge < -0.3 is 16.4 Å². The maximum Gasteiger partial charge on any atom is 0.268 e. The number of aryl methyl sites for hydroxylation is 2. The first kappa shape index (κ1) is 37.3. The van der Waals surface area contributed by atoms with Crippen LogP contribution >= 0.6 is 0 Å². The molecule has 4 amide bonds. The van der Waals surface area contributed by atoms with Crippen LogP contribution in [-0.4, -0.2) is 73.9 Å². The highest BCUT2D eigenvalue weighted by Crippen LogP contribution is 2.36. The Labute approximate surface area is 320 Å². The largest absolute Gasteiger partial charge is 0.383 e. The minimum absolute atomic E-state index is 0.108. The van der Waals surface area contributed by atoms with Gasteiger partial charge in [0.2, 0.25) is 17.8 Å². The first-order valence-corrected chi connectivity index (χ1v) is 18.7. The van der Waals surface area contributed by atoms with Crippen LogP contribution < -0.4 is 26.3 Å². The molecule has 3 aliphatic rings. The van der Waals surface area contributed by atoms with Gasteiger partial charge in [0, 0.05) is 62.9 Å². The Balaban J connectivity index is 1.01. The van der Waals surface area contributed by atoms with Crippen LogP contribution in [0.15, 0.2) is 66.0 Å². The smallest absolute Gasteiger partial charge is 0.268 e. The van der Waals surface area contributed by atoms with Crippen LogP contribution in [-0.2, 0) is 22.6 Å². The Morgan fingerprint density at radius 2 is 1.73 bits per heavy atom. The highest BCUT2D eigenvalue weighted by molar-refractivity contribution is 6.22. The lowest BCUT2D eigenvalue weighted by atomic mass is 9.83. The number of carbonyl (C=O) groups is 4. The zero-order valence-electron chi connectivity index (χ0n) is 32.0. The van der Waals surface area contributed by atoms with Crippen molar-refractivity contribution in [1.82, 2.24) is 25.1 Å². The Morgan fingerprint density at radius 1 is 1.00 bits per heavy atom. The van der Waals surface area contributed by atoms with E-state index < -0.39 is 29.7 Å². The monoisotopic (exact) mass is 743 g/mol. The zero-order chi connectivity index (χ0) is 39.1. The van der Waals surface area contributed by atoms with E-state index in [1.54, 1.807) is 18.5 Å². The van der Waals surface area contributed by atoms with Crippen LogP contribution in [0.3, 0.4) is 0 Å². The number of imide groups is 2. The van der Waals surface area contributed by atoms with Gasteiger partial charge >= 0.3 is 0 Å². The third kappa shape index (κ3) is 7.54. The highest BCUT2D eigenvalue weighted by atomic mass is 16.2. The van der Waals surface area contributed by atoms with Crippen LogP contribution in [0.5, 0.6) is 0 Å². The number of benzene rings is 2. The fourth-order valence-electron chi connectivity index (χ4n) is 7.57. The molecule has 2 aliphatic heterocycles. The normalized spacial score (nSPS) is 18.7. The van der Waals surface area contributed by atoms with Crippen LogP contribution in [0, 0.1) is 13.8 Å². The molecule has 2 aromatic heterocycles. The molecule has 4 heterocycles. The molecule has 1 fully saturated rings. The van der Waals surface area contributed by atoms with Gasteiger partial charge in [0.15, 0.2) is 18.4 Å². The molecule has 284 valence electrons. The van der Waals surface area contributed by atoms with Crippen molar-refractivity contribution in [2.75, 3.05) is 17.2 Å². The van der Waals surface area contributed by atoms with Crippen molar-refractivity contribution in [3.05, 3.63) is 100.0 Å². The molecular weight excluding hydrogens is 697 g/mol. The summed E-state index contributed by atoms with van der Waals surface area (Å²) >= 11 is 0. The van der Waals surface area contributed by atoms with Gasteiger partial charge in [-0.1, -0.05) is 24.3 Å². The second-order valence-corrected chi connectivity index (χ2v) is 15.0. The number of fused-ring (bicyclic) bond motifs is 2. The second kappa shape index (κ2) is 15.0. The van der Waals surface area contributed by atoms with Gasteiger partial charge in [0.25, 0.3) is 11.8 Å². The molecule has 55 heavy (non-hydrogen) atoms. The minimum atomic E-state index is -1.11. The average Bonchev–Trinajstić information content (AvgIpc) is 3.36. The number of nitrogens with zero attached hydrogens (tertiary/aromatic N) is 6. The van der Waals surface area contributed by atoms with Crippen molar-refractivity contribution < 1.29 is 23.7 Å². The van der Waals surface area contributed by atoms with E-state index in [0.29, 0.717) is 29.2 Å². The van der Waals surface area contributed by atoms with Crippen LogP contribution in [0.25, 0.3) is 0 Å². The van der Waals surface area contributed by atoms with Crippen LogP contribution in [0.1, 0.15) is 95.1 Å². The molecule has 14 heteroatoms. The van der Waals surface area contributed by atoms with E-state index in [1.165, 1.54) is 25.0 Å². The molecule has 1 saturated carbocycles. The quantitative estimate of drug-likeness (QED) is 0.0788. The summed E-state index contributed by atoms with van der Waals surface area (Å²) in [6.07, 6.45) is 8.01. The molecule has 7 rings (SSSR count). The lowest BCUT2D eigenvalue weighted by molar-refractivity contribution is -0.735. The highest BCUT2D eigenvalue weighted by Gasteiger charge is 2.45. The van der Waals surface area contributed by atoms with Gasteiger partial charge in [0.1, 0.15) is 23.3 Å². The number of aliphatic imine (C=N–C) groups is 1. The number of pyridine rings is 1. The summed E-state index contributed by atoms with van der Waals surface area (Å²) in [6.45, 7) is 12.5. The lowest BCUT2D eigenvalue weighted by Gasteiger charge is -2.42. The second-order valence-electron chi connectivity index (χ2n) is 15.0. The van der Waals surface area contributed by atoms with Gasteiger partial charge in [-0.05, 0) is 75.4 Å². The summed E-state index contributed by atoms with van der Waals surface area (Å²) in [6, 6.07) is 13.6. The average molecular weight is 744 g/mol. The molecule has 4 aromatic rings. The maximum absolute atomic E-state index is 13.3. The molecule has 0 spiro atoms. The minimum Gasteiger partial charge on any atom is -0.383 e. The molecule has 2 aromatic carbocycles. The third-order valence-electron chi connectivity index (χ3n) is 10.6. The molecule has 0 saturated heterocycles. The molecule has 1 aliphatic carbocycles. The predicted octanol–water partition coefficient (Wildman–Crippen LogP) is 4.39. The first-order valence-electron chi connectivity index (χ1n) is 18.7. The molecular formula is C41H47N10O4+. The summed E-state index contributed by atoms with van der Waals surface area (Å²) in [4.78, 5) is 67.7. The van der Waals surface area contributed by atoms with Crippen molar-refractivity contribution in [2.24, 2.45) is 10.7 Å². The van der Waals surface area contributed by atoms with E-state index >= 15 is 0 Å². The third-order valence-corrected chi connectivity index (χ3v) is 10.6. The fraction of sp³-hybridized carbons (Fsp3) is 0.366. The van der Waals surface area contributed by atoms with E-state index in [9.17, 15) is 19.2 Å². The summed E-state index contributed by atoms with van der Waals surface area (Å²) in [7, 11) is 0. The number of amidine groups is 1. The Bertz CT molecular complexity index is 2230. The van der Waals surface area contributed by atoms with Crippen molar-refractivity contribution in [1.29, 1.82) is 0 Å². The zero-order valence-corrected chi connectivity index (χ0v) is 32.0. The van der Waals surface area contributed by atoms with E-state index in [1.807, 2.05) is 56.7 Å². The van der Waals surface area contributed by atoms with E-state index in [-0.39, 0.29) is 23.2 Å². The molecule has 14 nitrogen and oxygen atoms in total. The van der Waals surface area contributed by atoms with Crippen LogP contribution in [0.2, 0.25) is 0 Å². The fourth-order valence-corrected chi connectivity index (χ4v) is 7.57. The lowest BCUT2D eigenvalue weighted by Crippen LogP contribution is -2.55. The molecule has 1 atom stereocenters. The van der Waals surface area contributed by atoms with E-state index in [0.717, 1.165) is 59.8 Å². The number of para-hydroxylation sites is 1. The number of carbonyl (C=O) groups excluding carboxylic acids is 4. The maximum atomic E-state index is 13.3. The summed E-state index contributed by atoms with van der Waals surface area (Å²) in [5, 5.41) is 8.96. The van der Waals surface area contributed by atoms with Gasteiger partial charge in [-0.3, -0.25) is 34.3 Å².